The fourth-order valence-corrected chi connectivity index (χ4v) is 4.19. The van der Waals surface area contributed by atoms with Gasteiger partial charge in [0.1, 0.15) is 17.7 Å². The molecule has 0 aromatic heterocycles. The summed E-state index contributed by atoms with van der Waals surface area (Å²) in [7, 11) is 0. The summed E-state index contributed by atoms with van der Waals surface area (Å²) in [5, 5.41) is 5.87. The Morgan fingerprint density at radius 2 is 1.58 bits per heavy atom. The van der Waals surface area contributed by atoms with Crippen molar-refractivity contribution in [3.05, 3.63) is 71.3 Å². The Labute approximate surface area is 228 Å². The second-order valence-electron chi connectivity index (χ2n) is 11.9. The lowest BCUT2D eigenvalue weighted by molar-refractivity contribution is -0.145. The lowest BCUT2D eigenvalue weighted by Gasteiger charge is -2.39. The highest BCUT2D eigenvalue weighted by atomic mass is 16.6. The van der Waals surface area contributed by atoms with Crippen LogP contribution in [0, 0.1) is 6.92 Å². The molecule has 0 fully saturated rings. The Kier molecular flexibility index (Phi) is 10.5. The molecule has 0 heterocycles. The maximum absolute atomic E-state index is 14.4. The van der Waals surface area contributed by atoms with Gasteiger partial charge in [-0.15, -0.1) is 0 Å². The number of aryl methyl sites for hydroxylation is 1. The number of benzene rings is 2. The number of hydrogen-bond acceptors (Lipinski definition) is 4. The molecule has 0 aliphatic carbocycles. The molecule has 3 unspecified atom stereocenters. The van der Waals surface area contributed by atoms with Gasteiger partial charge in [0.15, 0.2) is 0 Å². The molecule has 0 bridgehead atoms. The van der Waals surface area contributed by atoms with Crippen LogP contribution in [0.25, 0.3) is 0 Å². The van der Waals surface area contributed by atoms with Gasteiger partial charge in [-0.25, -0.2) is 4.79 Å². The Balaban J connectivity index is 2.60. The van der Waals surface area contributed by atoms with Gasteiger partial charge in [0.05, 0.1) is 0 Å². The summed E-state index contributed by atoms with van der Waals surface area (Å²) in [6.45, 7) is 16.9. The van der Waals surface area contributed by atoms with Crippen molar-refractivity contribution < 1.29 is 19.1 Å². The summed E-state index contributed by atoms with van der Waals surface area (Å²) in [4.78, 5) is 42.7. The quantitative estimate of drug-likeness (QED) is 0.440. The molecule has 7 nitrogen and oxygen atoms in total. The first-order valence-corrected chi connectivity index (χ1v) is 13.4. The number of rotatable bonds is 9. The molecule has 3 amide bonds. The lowest BCUT2D eigenvalue weighted by Crippen LogP contribution is -2.57. The van der Waals surface area contributed by atoms with E-state index in [-0.39, 0.29) is 24.3 Å². The summed E-state index contributed by atoms with van der Waals surface area (Å²) in [6.07, 6.45) is 0.205. The zero-order valence-electron chi connectivity index (χ0n) is 24.4. The monoisotopic (exact) mass is 523 g/mol. The van der Waals surface area contributed by atoms with Crippen molar-refractivity contribution >= 4 is 17.9 Å². The predicted octanol–water partition coefficient (Wildman–Crippen LogP) is 5.71. The van der Waals surface area contributed by atoms with E-state index in [1.165, 1.54) is 0 Å². The molecule has 0 saturated heterocycles. The highest BCUT2D eigenvalue weighted by Gasteiger charge is 2.39. The molecule has 0 aliphatic rings. The van der Waals surface area contributed by atoms with Crippen molar-refractivity contribution in [3.8, 4) is 0 Å². The van der Waals surface area contributed by atoms with E-state index in [9.17, 15) is 14.4 Å². The van der Waals surface area contributed by atoms with Crippen LogP contribution >= 0.6 is 0 Å². The molecule has 0 radical (unpaired) electrons. The average Bonchev–Trinajstić information content (AvgIpc) is 2.79. The van der Waals surface area contributed by atoms with Crippen molar-refractivity contribution in [3.63, 3.8) is 0 Å². The maximum Gasteiger partial charge on any atom is 0.408 e. The molecular weight excluding hydrogens is 478 g/mol. The van der Waals surface area contributed by atoms with Gasteiger partial charge < -0.3 is 20.3 Å². The van der Waals surface area contributed by atoms with E-state index in [4.69, 9.17) is 4.74 Å². The standard InChI is InChI=1S/C31H45N3O4/c1-10-22(3)34(26(27(35)33-30(4,5)6)24-18-14-15-21(2)19-24)28(36)25(20-23-16-12-11-13-17-23)32-29(37)38-31(7,8)9/h11-19,22,25-26H,10,20H2,1-9H3,(H,32,37)(H,33,35). The Morgan fingerprint density at radius 3 is 2.11 bits per heavy atom. The van der Waals surface area contributed by atoms with E-state index in [1.807, 2.05) is 96.1 Å². The first-order valence-electron chi connectivity index (χ1n) is 13.4. The topological polar surface area (TPSA) is 87.7 Å². The van der Waals surface area contributed by atoms with E-state index >= 15 is 0 Å². The maximum atomic E-state index is 14.4. The van der Waals surface area contributed by atoms with Gasteiger partial charge in [-0.1, -0.05) is 67.1 Å². The van der Waals surface area contributed by atoms with Crippen LogP contribution in [0.2, 0.25) is 0 Å². The minimum absolute atomic E-state index is 0.257. The van der Waals surface area contributed by atoms with Crippen LogP contribution in [0.3, 0.4) is 0 Å². The molecule has 0 saturated carbocycles. The Morgan fingerprint density at radius 1 is 0.947 bits per heavy atom. The van der Waals surface area contributed by atoms with Crippen molar-refractivity contribution in [1.82, 2.24) is 15.5 Å². The second kappa shape index (κ2) is 12.9. The van der Waals surface area contributed by atoms with Crippen LogP contribution in [-0.4, -0.2) is 46.0 Å². The van der Waals surface area contributed by atoms with Crippen molar-refractivity contribution in [2.45, 2.75) is 104 Å². The molecule has 2 aromatic rings. The molecule has 0 spiro atoms. The molecule has 3 atom stereocenters. The lowest BCUT2D eigenvalue weighted by atomic mass is 9.96. The number of carbonyl (C=O) groups is 3. The number of carbonyl (C=O) groups excluding carboxylic acids is 3. The van der Waals surface area contributed by atoms with E-state index in [1.54, 1.807) is 25.7 Å². The first kappa shape index (κ1) is 30.9. The summed E-state index contributed by atoms with van der Waals surface area (Å²) in [5.74, 6) is -0.614. The van der Waals surface area contributed by atoms with Gasteiger partial charge in [-0.3, -0.25) is 9.59 Å². The number of nitrogens with zero attached hydrogens (tertiary/aromatic N) is 1. The largest absolute Gasteiger partial charge is 0.444 e. The highest BCUT2D eigenvalue weighted by molar-refractivity contribution is 5.92. The summed E-state index contributed by atoms with van der Waals surface area (Å²) in [6, 6.07) is 15.1. The van der Waals surface area contributed by atoms with Gasteiger partial charge in [-0.2, -0.15) is 0 Å². The second-order valence-corrected chi connectivity index (χ2v) is 11.9. The average molecular weight is 524 g/mol. The zero-order chi connectivity index (χ0) is 28.7. The van der Waals surface area contributed by atoms with Gasteiger partial charge >= 0.3 is 6.09 Å². The summed E-state index contributed by atoms with van der Waals surface area (Å²) >= 11 is 0. The van der Waals surface area contributed by atoms with E-state index < -0.39 is 29.3 Å². The smallest absolute Gasteiger partial charge is 0.408 e. The van der Waals surface area contributed by atoms with Crippen LogP contribution in [0.5, 0.6) is 0 Å². The van der Waals surface area contributed by atoms with E-state index in [0.29, 0.717) is 6.42 Å². The third-order valence-electron chi connectivity index (χ3n) is 5.97. The SMILES string of the molecule is CCC(C)N(C(=O)C(Cc1ccccc1)NC(=O)OC(C)(C)C)C(C(=O)NC(C)(C)C)c1cccc(C)c1. The fourth-order valence-electron chi connectivity index (χ4n) is 4.19. The fraction of sp³-hybridized carbons (Fsp3) is 0.516. The molecule has 0 aliphatic heterocycles. The minimum atomic E-state index is -0.934. The zero-order valence-corrected chi connectivity index (χ0v) is 24.4. The van der Waals surface area contributed by atoms with Crippen molar-refractivity contribution in [2.75, 3.05) is 0 Å². The summed E-state index contributed by atoms with van der Waals surface area (Å²) in [5.41, 5.74) is 1.37. The number of alkyl carbamates (subject to hydrolysis) is 1. The van der Waals surface area contributed by atoms with Gasteiger partial charge in [0.25, 0.3) is 0 Å². The van der Waals surface area contributed by atoms with Crippen molar-refractivity contribution in [1.29, 1.82) is 0 Å². The van der Waals surface area contributed by atoms with Gasteiger partial charge in [0.2, 0.25) is 11.8 Å². The third-order valence-corrected chi connectivity index (χ3v) is 5.97. The van der Waals surface area contributed by atoms with Crippen molar-refractivity contribution in [2.24, 2.45) is 0 Å². The molecule has 2 aromatic carbocycles. The summed E-state index contributed by atoms with van der Waals surface area (Å²) < 4.78 is 5.50. The third kappa shape index (κ3) is 9.51. The molecule has 208 valence electrons. The molecule has 38 heavy (non-hydrogen) atoms. The van der Waals surface area contributed by atoms with Gasteiger partial charge in [0, 0.05) is 18.0 Å². The highest BCUT2D eigenvalue weighted by Crippen LogP contribution is 2.28. The Hall–Kier alpha value is -3.35. The number of hydrogen-bond donors (Lipinski definition) is 2. The van der Waals surface area contributed by atoms with Crippen LogP contribution in [0.15, 0.2) is 54.6 Å². The normalized spacial score (nSPS) is 14.1. The minimum Gasteiger partial charge on any atom is -0.444 e. The molecular formula is C31H45N3O4. The van der Waals surface area contributed by atoms with Crippen LogP contribution < -0.4 is 10.6 Å². The predicted molar refractivity (Wildman–Crippen MR) is 152 cm³/mol. The number of nitrogens with one attached hydrogen (secondary N) is 2. The van der Waals surface area contributed by atoms with Crippen LogP contribution in [0.4, 0.5) is 4.79 Å². The molecule has 2 rings (SSSR count). The molecule has 2 N–H and O–H groups in total. The number of amides is 3. The Bertz CT molecular complexity index is 1090. The molecule has 7 heteroatoms. The van der Waals surface area contributed by atoms with Crippen LogP contribution in [0.1, 0.15) is 84.5 Å². The number of ether oxygens (including phenoxy) is 1. The van der Waals surface area contributed by atoms with E-state index in [0.717, 1.165) is 16.7 Å². The van der Waals surface area contributed by atoms with Gasteiger partial charge in [-0.05, 0) is 72.9 Å². The van der Waals surface area contributed by atoms with Crippen LogP contribution in [-0.2, 0) is 20.7 Å². The van der Waals surface area contributed by atoms with E-state index in [2.05, 4.69) is 10.6 Å². The first-order chi connectivity index (χ1) is 17.6.